The first-order valence-electron chi connectivity index (χ1n) is 16.8. The first kappa shape index (κ1) is 35.7. The van der Waals surface area contributed by atoms with Crippen LogP contribution in [0, 0.1) is 6.92 Å². The highest BCUT2D eigenvalue weighted by Gasteiger charge is 2.54. The number of aryl methyl sites for hydroxylation is 1. The van der Waals surface area contributed by atoms with Gasteiger partial charge in [-0.15, -0.1) is 0 Å². The molecule has 0 spiro atoms. The molecule has 0 saturated carbocycles. The molecule has 0 unspecified atom stereocenters. The van der Waals surface area contributed by atoms with Gasteiger partial charge in [-0.2, -0.15) is 4.98 Å². The Bertz CT molecular complexity index is 1890. The number of benzene rings is 4. The van der Waals surface area contributed by atoms with E-state index in [0.717, 1.165) is 10.4 Å². The zero-order chi connectivity index (χ0) is 35.4. The summed E-state index contributed by atoms with van der Waals surface area (Å²) in [4.78, 5) is 17.1. The van der Waals surface area contributed by atoms with Crippen LogP contribution in [0.25, 0.3) is 0 Å². The van der Waals surface area contributed by atoms with Gasteiger partial charge in [-0.05, 0) is 46.6 Å². The van der Waals surface area contributed by atoms with E-state index >= 15 is 0 Å². The number of aromatic nitrogens is 2. The summed E-state index contributed by atoms with van der Waals surface area (Å²) in [5, 5.41) is 3.10. The molecular weight excluding hydrogens is 666 g/mol. The Morgan fingerprint density at radius 2 is 1.36 bits per heavy atom. The molecule has 1 aliphatic heterocycles. The molecule has 50 heavy (non-hydrogen) atoms. The van der Waals surface area contributed by atoms with E-state index in [9.17, 15) is 9.36 Å². The van der Waals surface area contributed by atoms with E-state index in [-0.39, 0.29) is 24.3 Å². The first-order chi connectivity index (χ1) is 24.0. The molecule has 6 rings (SSSR count). The molecule has 260 valence electrons. The predicted octanol–water partition coefficient (Wildman–Crippen LogP) is 5.29. The molecule has 5 aromatic rings. The molecular formula is C39H44N3O6PSi. The highest BCUT2D eigenvalue weighted by molar-refractivity contribution is 7.74. The molecule has 0 bridgehead atoms. The Hall–Kier alpha value is -4.15. The summed E-state index contributed by atoms with van der Waals surface area (Å²) in [7, 11) is -6.49. The van der Waals surface area contributed by atoms with Crippen LogP contribution in [0.15, 0.2) is 132 Å². The van der Waals surface area contributed by atoms with Gasteiger partial charge in [0.1, 0.15) is 18.1 Å². The highest BCUT2D eigenvalue weighted by atomic mass is 31.2. The molecule has 2 heterocycles. The maximum absolute atomic E-state index is 14.4. The lowest BCUT2D eigenvalue weighted by molar-refractivity contribution is -0.0838. The number of rotatable bonds is 12. The molecule has 1 fully saturated rings. The fourth-order valence-electron chi connectivity index (χ4n) is 6.67. The molecule has 3 atom stereocenters. The third-order valence-electron chi connectivity index (χ3n) is 9.20. The lowest BCUT2D eigenvalue weighted by Gasteiger charge is -2.45. The van der Waals surface area contributed by atoms with Gasteiger partial charge in [-0.3, -0.25) is 13.7 Å². The minimum Gasteiger partial charge on any atom is -0.402 e. The van der Waals surface area contributed by atoms with Gasteiger partial charge < -0.3 is 19.6 Å². The number of anilines is 1. The van der Waals surface area contributed by atoms with Crippen molar-refractivity contribution in [3.05, 3.63) is 144 Å². The molecule has 9 nitrogen and oxygen atoms in total. The van der Waals surface area contributed by atoms with E-state index in [1.165, 1.54) is 4.57 Å². The van der Waals surface area contributed by atoms with Gasteiger partial charge >= 0.3 is 5.69 Å². The Morgan fingerprint density at radius 1 is 0.860 bits per heavy atom. The van der Waals surface area contributed by atoms with E-state index in [4.69, 9.17) is 24.2 Å². The van der Waals surface area contributed by atoms with Gasteiger partial charge in [-0.1, -0.05) is 118 Å². The molecule has 0 radical (unpaired) electrons. The summed E-state index contributed by atoms with van der Waals surface area (Å²) in [5.41, 5.74) is 6.13. The van der Waals surface area contributed by atoms with Crippen LogP contribution in [0.1, 0.15) is 39.0 Å². The fraction of sp³-hybridized carbons (Fsp3) is 0.282. The van der Waals surface area contributed by atoms with Crippen LogP contribution in [-0.4, -0.2) is 43.5 Å². The number of nitrogens with zero attached hydrogens (tertiary/aromatic N) is 2. The van der Waals surface area contributed by atoms with Crippen LogP contribution < -0.4 is 32.4 Å². The van der Waals surface area contributed by atoms with Gasteiger partial charge in [0.05, 0.1) is 12.7 Å². The van der Waals surface area contributed by atoms with E-state index < -0.39 is 39.8 Å². The lowest BCUT2D eigenvalue weighted by atomic mass is 10.2. The molecule has 1 saturated heterocycles. The van der Waals surface area contributed by atoms with Gasteiger partial charge in [0.25, 0.3) is 15.7 Å². The fourth-order valence-corrected chi connectivity index (χ4v) is 13.3. The lowest BCUT2D eigenvalue weighted by Crippen LogP contribution is -2.68. The van der Waals surface area contributed by atoms with Gasteiger partial charge in [0.15, 0.2) is 6.79 Å². The minimum atomic E-state index is -3.47. The van der Waals surface area contributed by atoms with Gasteiger partial charge in [0.2, 0.25) is 0 Å². The Morgan fingerprint density at radius 3 is 1.86 bits per heavy atom. The predicted molar refractivity (Wildman–Crippen MR) is 200 cm³/mol. The van der Waals surface area contributed by atoms with E-state index in [0.29, 0.717) is 22.6 Å². The van der Waals surface area contributed by atoms with Crippen molar-refractivity contribution in [2.75, 3.05) is 19.1 Å². The van der Waals surface area contributed by atoms with Gasteiger partial charge in [0, 0.05) is 28.8 Å². The SMILES string of the molecule is Cc1cn([C@H]2C[C@H](O[Si](c3ccccc3)(c3ccccc3)C(C)(C)C)[C@@H](COCOP(=O)(c3ccccc3)c3ccccc3)O2)c(=O)nc1N. The maximum atomic E-state index is 14.4. The van der Waals surface area contributed by atoms with Crippen LogP contribution in [0.5, 0.6) is 0 Å². The standard InChI is InChI=1S/C39H44N3O6PSi/c1-29-26-42(38(43)41-37(29)40)36-25-34(48-50(39(2,3)4,32-21-13-7-14-22-32)33-23-15-8-16-24-33)35(47-36)27-45-28-46-49(44,30-17-9-5-10-18-30)31-19-11-6-12-20-31/h5-24,26,34-36H,25,27-28H2,1-4H3,(H2,40,41,43)/t34-,35+,36+/m0/s1. The van der Waals surface area contributed by atoms with Crippen LogP contribution in [0.3, 0.4) is 0 Å². The maximum Gasteiger partial charge on any atom is 0.351 e. The summed E-state index contributed by atoms with van der Waals surface area (Å²) in [6, 6.07) is 39.0. The molecule has 0 amide bonds. The van der Waals surface area contributed by atoms with E-state index in [1.54, 1.807) is 37.4 Å². The highest BCUT2D eigenvalue weighted by Crippen LogP contribution is 2.45. The van der Waals surface area contributed by atoms with Crippen molar-refractivity contribution in [2.45, 2.75) is 57.6 Å². The normalized spacial score (nSPS) is 18.3. The van der Waals surface area contributed by atoms with Crippen LogP contribution in [0.2, 0.25) is 5.04 Å². The number of hydrogen-bond acceptors (Lipinski definition) is 8. The Kier molecular flexibility index (Phi) is 10.7. The van der Waals surface area contributed by atoms with Crippen molar-refractivity contribution in [1.82, 2.24) is 9.55 Å². The average Bonchev–Trinajstić information content (AvgIpc) is 3.53. The van der Waals surface area contributed by atoms with Crippen LogP contribution >= 0.6 is 7.37 Å². The van der Waals surface area contributed by atoms with Crippen LogP contribution in [-0.2, 0) is 23.0 Å². The molecule has 1 aromatic heterocycles. The van der Waals surface area contributed by atoms with E-state index in [1.807, 2.05) is 72.8 Å². The number of ether oxygens (including phenoxy) is 2. The van der Waals surface area contributed by atoms with Crippen molar-refractivity contribution >= 4 is 42.5 Å². The summed E-state index contributed by atoms with van der Waals surface area (Å²) in [5.74, 6) is 0.183. The topological polar surface area (TPSA) is 115 Å². The average molecular weight is 710 g/mol. The second kappa shape index (κ2) is 15.0. The molecule has 0 aliphatic carbocycles. The Labute approximate surface area is 294 Å². The van der Waals surface area contributed by atoms with Crippen LogP contribution in [0.4, 0.5) is 5.82 Å². The Balaban J connectivity index is 1.32. The van der Waals surface area contributed by atoms with Crippen molar-refractivity contribution in [3.63, 3.8) is 0 Å². The first-order valence-corrected chi connectivity index (χ1v) is 20.3. The third kappa shape index (κ3) is 7.18. The number of nitrogens with two attached hydrogens (primary N) is 1. The molecule has 4 aromatic carbocycles. The van der Waals surface area contributed by atoms with Crippen molar-refractivity contribution in [3.8, 4) is 0 Å². The monoisotopic (exact) mass is 709 g/mol. The largest absolute Gasteiger partial charge is 0.402 e. The summed E-state index contributed by atoms with van der Waals surface area (Å²) >= 11 is 0. The van der Waals surface area contributed by atoms with Gasteiger partial charge in [-0.25, -0.2) is 4.79 Å². The number of hydrogen-bond donors (Lipinski definition) is 1. The molecule has 1 aliphatic rings. The van der Waals surface area contributed by atoms with E-state index in [2.05, 4.69) is 50.0 Å². The second-order valence-electron chi connectivity index (χ2n) is 13.5. The minimum absolute atomic E-state index is 0.0685. The van der Waals surface area contributed by atoms with Crippen molar-refractivity contribution < 1.29 is 23.0 Å². The second-order valence-corrected chi connectivity index (χ2v) is 20.2. The third-order valence-corrected chi connectivity index (χ3v) is 16.7. The zero-order valence-corrected chi connectivity index (χ0v) is 30.7. The number of nitrogen functional groups attached to an aromatic ring is 1. The quantitative estimate of drug-likeness (QED) is 0.0806. The summed E-state index contributed by atoms with van der Waals surface area (Å²) in [6.07, 6.45) is 0.301. The smallest absolute Gasteiger partial charge is 0.351 e. The molecule has 2 N–H and O–H groups in total. The zero-order valence-electron chi connectivity index (χ0n) is 28.8. The molecule has 11 heteroatoms. The van der Waals surface area contributed by atoms with Crippen molar-refractivity contribution in [1.29, 1.82) is 0 Å². The van der Waals surface area contributed by atoms with Crippen molar-refractivity contribution in [2.24, 2.45) is 0 Å². The summed E-state index contributed by atoms with van der Waals surface area (Å²) < 4.78 is 42.3. The summed E-state index contributed by atoms with van der Waals surface area (Å²) in [6.45, 7) is 8.27.